The number of nitrogens with one attached hydrogen (secondary N) is 1. The van der Waals surface area contributed by atoms with Gasteiger partial charge < -0.3 is 15.5 Å². The van der Waals surface area contributed by atoms with E-state index in [0.717, 1.165) is 18.7 Å². The molecule has 0 fully saturated rings. The number of amides is 1. The Hall–Kier alpha value is -1.32. The summed E-state index contributed by atoms with van der Waals surface area (Å²) in [6.07, 6.45) is 1.41. The number of carbonyl (C=O) groups excluding carboxylic acids is 1. The van der Waals surface area contributed by atoms with Crippen molar-refractivity contribution in [2.24, 2.45) is 0 Å². The third kappa shape index (κ3) is 3.08. The molecule has 0 rings (SSSR count). The average molecular weight is 253 g/mol. The van der Waals surface area contributed by atoms with E-state index < -0.39 is 28.8 Å². The van der Waals surface area contributed by atoms with Crippen LogP contribution in [0.3, 0.4) is 0 Å². The van der Waals surface area contributed by atoms with Gasteiger partial charge in [-0.15, -0.1) is 11.8 Å². The Morgan fingerprint density at radius 2 is 1.88 bits per heavy atom. The van der Waals surface area contributed by atoms with Crippen molar-refractivity contribution < 1.29 is 34.7 Å². The fraction of sp³-hybridized carbons (Fsp3) is 0.571. The van der Waals surface area contributed by atoms with Gasteiger partial charge in [0.05, 0.1) is 0 Å². The minimum Gasteiger partial charge on any atom is -0.479 e. The molecule has 4 N–H and O–H groups in total. The number of hydrogen-bond donors (Lipinski definition) is 4. The van der Waals surface area contributed by atoms with E-state index in [0.29, 0.717) is 0 Å². The van der Waals surface area contributed by atoms with Crippen molar-refractivity contribution in [2.75, 3.05) is 6.26 Å². The molecule has 2 unspecified atom stereocenters. The molecular weight excluding hydrogens is 242 g/mol. The summed E-state index contributed by atoms with van der Waals surface area (Å²) in [5, 5.41) is 26.2. The van der Waals surface area contributed by atoms with Crippen LogP contribution in [0, 0.1) is 0 Å². The Morgan fingerprint density at radius 3 is 2.12 bits per heavy atom. The van der Waals surface area contributed by atoms with E-state index in [-0.39, 0.29) is 0 Å². The molecule has 1 amide bonds. The van der Waals surface area contributed by atoms with Crippen molar-refractivity contribution in [1.29, 1.82) is 0 Å². The largest absolute Gasteiger partial charge is 0.479 e. The number of thioether (sulfide) groups is 1. The zero-order chi connectivity index (χ0) is 12.9. The van der Waals surface area contributed by atoms with Gasteiger partial charge in [0.25, 0.3) is 11.5 Å². The van der Waals surface area contributed by atoms with Crippen LogP contribution in [0.25, 0.3) is 0 Å². The van der Waals surface area contributed by atoms with Crippen LogP contribution in [0.15, 0.2) is 0 Å². The molecule has 0 aliphatic carbocycles. The predicted molar refractivity (Wildman–Crippen MR) is 52.8 cm³/mol. The molecular formula is C7H11NO7S. The summed E-state index contributed by atoms with van der Waals surface area (Å²) in [6, 6.07) is 0. The molecule has 0 spiro atoms. The second-order valence-corrected chi connectivity index (χ2v) is 3.80. The maximum absolute atomic E-state index is 11.4. The SMILES string of the molecule is CSC(NC(=O)C(C)(OO)C(=O)O)C(=O)O. The number of rotatable bonds is 6. The molecule has 2 atom stereocenters. The highest BCUT2D eigenvalue weighted by Crippen LogP contribution is 2.12. The Labute approximate surface area is 94.5 Å². The van der Waals surface area contributed by atoms with Gasteiger partial charge >= 0.3 is 11.9 Å². The number of aliphatic carboxylic acids is 2. The summed E-state index contributed by atoms with van der Waals surface area (Å²) in [7, 11) is 0. The first-order valence-corrected chi connectivity index (χ1v) is 5.21. The number of carboxylic acids is 2. The maximum Gasteiger partial charge on any atom is 0.349 e. The molecule has 0 aliphatic heterocycles. The van der Waals surface area contributed by atoms with E-state index in [2.05, 4.69) is 4.89 Å². The van der Waals surface area contributed by atoms with E-state index >= 15 is 0 Å². The molecule has 0 aromatic carbocycles. The summed E-state index contributed by atoms with van der Waals surface area (Å²) in [5.41, 5.74) is -2.54. The van der Waals surface area contributed by atoms with Crippen LogP contribution in [-0.4, -0.2) is 50.5 Å². The van der Waals surface area contributed by atoms with Crippen LogP contribution in [0.5, 0.6) is 0 Å². The molecule has 0 saturated carbocycles. The van der Waals surface area contributed by atoms with Crippen LogP contribution >= 0.6 is 11.8 Å². The van der Waals surface area contributed by atoms with Crippen LogP contribution in [0.4, 0.5) is 0 Å². The first kappa shape index (κ1) is 14.7. The summed E-state index contributed by atoms with van der Waals surface area (Å²) in [4.78, 5) is 36.1. The van der Waals surface area contributed by atoms with Gasteiger partial charge in [0.15, 0.2) is 5.37 Å². The van der Waals surface area contributed by atoms with E-state index in [1.807, 2.05) is 5.32 Å². The minimum atomic E-state index is -2.54. The molecule has 92 valence electrons. The Morgan fingerprint density at radius 1 is 1.38 bits per heavy atom. The summed E-state index contributed by atoms with van der Waals surface area (Å²) in [6.45, 7) is 0.796. The van der Waals surface area contributed by atoms with Crippen molar-refractivity contribution in [1.82, 2.24) is 5.32 Å². The molecule has 0 saturated heterocycles. The topological polar surface area (TPSA) is 133 Å². The molecule has 0 aliphatic rings. The number of carbonyl (C=O) groups is 3. The third-order valence-corrected chi connectivity index (χ3v) is 2.54. The standard InChI is InChI=1S/C7H11NO7S/c1-7(15-14,6(12)13)5(11)8-3(16-2)4(9)10/h3,14H,1-2H3,(H,8,11)(H,9,10)(H,12,13). The molecule has 0 aromatic heterocycles. The molecule has 16 heavy (non-hydrogen) atoms. The Balaban J connectivity index is 4.79. The van der Waals surface area contributed by atoms with Crippen molar-refractivity contribution in [3.63, 3.8) is 0 Å². The second kappa shape index (κ2) is 5.68. The molecule has 8 nitrogen and oxygen atoms in total. The highest BCUT2D eigenvalue weighted by molar-refractivity contribution is 7.99. The van der Waals surface area contributed by atoms with Crippen LogP contribution < -0.4 is 5.32 Å². The van der Waals surface area contributed by atoms with Crippen molar-refractivity contribution >= 4 is 29.6 Å². The lowest BCUT2D eigenvalue weighted by atomic mass is 10.1. The van der Waals surface area contributed by atoms with Crippen molar-refractivity contribution in [3.8, 4) is 0 Å². The molecule has 0 bridgehead atoms. The van der Waals surface area contributed by atoms with Crippen LogP contribution in [0.2, 0.25) is 0 Å². The lowest BCUT2D eigenvalue weighted by molar-refractivity contribution is -0.302. The van der Waals surface area contributed by atoms with E-state index in [1.165, 1.54) is 6.26 Å². The Kier molecular flexibility index (Phi) is 5.21. The highest BCUT2D eigenvalue weighted by atomic mass is 32.2. The number of carboxylic acid groups (broad SMARTS) is 2. The van der Waals surface area contributed by atoms with Gasteiger partial charge in [0.1, 0.15) is 0 Å². The lowest BCUT2D eigenvalue weighted by Gasteiger charge is -2.21. The molecule has 0 heterocycles. The first-order valence-electron chi connectivity index (χ1n) is 3.92. The zero-order valence-electron chi connectivity index (χ0n) is 8.46. The van der Waals surface area contributed by atoms with Crippen LogP contribution in [-0.2, 0) is 19.3 Å². The van der Waals surface area contributed by atoms with E-state index in [4.69, 9.17) is 15.5 Å². The van der Waals surface area contributed by atoms with E-state index in [1.54, 1.807) is 0 Å². The predicted octanol–water partition coefficient (Wildman–Crippen LogP) is -0.791. The fourth-order valence-electron chi connectivity index (χ4n) is 0.656. The monoisotopic (exact) mass is 253 g/mol. The molecule has 0 radical (unpaired) electrons. The zero-order valence-corrected chi connectivity index (χ0v) is 9.28. The quantitative estimate of drug-likeness (QED) is 0.209. The summed E-state index contributed by atoms with van der Waals surface area (Å²) >= 11 is 0.783. The maximum atomic E-state index is 11.4. The number of hydrogen-bond acceptors (Lipinski definition) is 6. The average Bonchev–Trinajstić information content (AvgIpc) is 2.23. The molecule has 0 aromatic rings. The summed E-state index contributed by atoms with van der Waals surface area (Å²) < 4.78 is 0. The first-order chi connectivity index (χ1) is 7.29. The van der Waals surface area contributed by atoms with Gasteiger partial charge in [-0.2, -0.15) is 0 Å². The highest BCUT2D eigenvalue weighted by Gasteiger charge is 2.45. The van der Waals surface area contributed by atoms with Crippen molar-refractivity contribution in [3.05, 3.63) is 0 Å². The molecule has 9 heteroatoms. The third-order valence-electron chi connectivity index (χ3n) is 1.75. The van der Waals surface area contributed by atoms with Gasteiger partial charge in [0, 0.05) is 0 Å². The van der Waals surface area contributed by atoms with Gasteiger partial charge in [-0.1, -0.05) is 0 Å². The summed E-state index contributed by atoms with van der Waals surface area (Å²) in [5.74, 6) is -4.34. The van der Waals surface area contributed by atoms with Gasteiger partial charge in [-0.3, -0.25) is 10.1 Å². The lowest BCUT2D eigenvalue weighted by Crippen LogP contribution is -2.55. The van der Waals surface area contributed by atoms with Gasteiger partial charge in [-0.25, -0.2) is 14.5 Å². The smallest absolute Gasteiger partial charge is 0.349 e. The second-order valence-electron chi connectivity index (χ2n) is 2.86. The Bertz CT molecular complexity index is 307. The fourth-order valence-corrected chi connectivity index (χ4v) is 1.08. The normalized spacial score (nSPS) is 15.9. The van der Waals surface area contributed by atoms with E-state index in [9.17, 15) is 14.4 Å². The van der Waals surface area contributed by atoms with Gasteiger partial charge in [0.2, 0.25) is 0 Å². The minimum absolute atomic E-state index is 0.783. The van der Waals surface area contributed by atoms with Crippen LogP contribution in [0.1, 0.15) is 6.92 Å². The van der Waals surface area contributed by atoms with Crippen molar-refractivity contribution in [2.45, 2.75) is 17.9 Å². The van der Waals surface area contributed by atoms with Gasteiger partial charge in [-0.05, 0) is 13.2 Å².